The largest absolute Gasteiger partial charge is 0.396 e. The standard InChI is InChI=1S/C34H38ClFN4O3S/c1-3-39(4-2)18-19-40(22-24-5-9-26(10-6-24)27-11-13-28(35)14-12-27)32(42)21-31-30(17-20-41)33(43)38-34(37-31)44-23-25-7-15-29(36)16-8-25/h5-16,41H,3-4,17-23H2,1-2H3,(H,37,38,43). The first kappa shape index (κ1) is 33.4. The van der Waals surface area contributed by atoms with Crippen molar-refractivity contribution in [1.29, 1.82) is 0 Å². The number of carbonyl (C=O) groups excluding carboxylic acids is 1. The third-order valence-corrected chi connectivity index (χ3v) is 8.68. The molecule has 0 bridgehead atoms. The van der Waals surface area contributed by atoms with Gasteiger partial charge in [-0.3, -0.25) is 9.59 Å². The van der Waals surface area contributed by atoms with Crippen molar-refractivity contribution < 1.29 is 14.3 Å². The lowest BCUT2D eigenvalue weighted by atomic mass is 10.0. The fourth-order valence-corrected chi connectivity index (χ4v) is 5.81. The molecule has 0 aliphatic rings. The van der Waals surface area contributed by atoms with Crippen molar-refractivity contribution in [3.8, 4) is 11.1 Å². The van der Waals surface area contributed by atoms with Crippen molar-refractivity contribution in [3.05, 3.63) is 116 Å². The maximum absolute atomic E-state index is 13.9. The highest BCUT2D eigenvalue weighted by Crippen LogP contribution is 2.23. The molecule has 44 heavy (non-hydrogen) atoms. The molecule has 2 N–H and O–H groups in total. The molecule has 0 saturated heterocycles. The number of carbonyl (C=O) groups is 1. The molecule has 232 valence electrons. The Hall–Kier alpha value is -3.50. The summed E-state index contributed by atoms with van der Waals surface area (Å²) < 4.78 is 13.3. The van der Waals surface area contributed by atoms with Crippen LogP contribution >= 0.6 is 23.4 Å². The molecule has 0 atom stereocenters. The Morgan fingerprint density at radius 3 is 2.16 bits per heavy atom. The maximum Gasteiger partial charge on any atom is 0.255 e. The van der Waals surface area contributed by atoms with Gasteiger partial charge in [0.05, 0.1) is 12.1 Å². The number of benzene rings is 3. The highest BCUT2D eigenvalue weighted by molar-refractivity contribution is 7.98. The van der Waals surface area contributed by atoms with Crippen LogP contribution in [0.5, 0.6) is 0 Å². The van der Waals surface area contributed by atoms with Gasteiger partial charge >= 0.3 is 0 Å². The molecule has 0 aliphatic carbocycles. The minimum atomic E-state index is -0.370. The fraction of sp³-hybridized carbons (Fsp3) is 0.324. The van der Waals surface area contributed by atoms with E-state index in [0.29, 0.717) is 46.8 Å². The lowest BCUT2D eigenvalue weighted by Gasteiger charge is -2.27. The summed E-state index contributed by atoms with van der Waals surface area (Å²) in [5.74, 6) is 0.00557. The van der Waals surface area contributed by atoms with Gasteiger partial charge in [0, 0.05) is 49.0 Å². The summed E-state index contributed by atoms with van der Waals surface area (Å²) in [7, 11) is 0. The van der Waals surface area contributed by atoms with E-state index in [4.69, 9.17) is 11.6 Å². The minimum Gasteiger partial charge on any atom is -0.396 e. The molecule has 7 nitrogen and oxygen atoms in total. The summed E-state index contributed by atoms with van der Waals surface area (Å²) in [6.07, 6.45) is 0.0317. The van der Waals surface area contributed by atoms with E-state index >= 15 is 0 Å². The SMILES string of the molecule is CCN(CC)CCN(Cc1ccc(-c2ccc(Cl)cc2)cc1)C(=O)Cc1nc(SCc2ccc(F)cc2)[nH]c(=O)c1CCO. The van der Waals surface area contributed by atoms with Crippen molar-refractivity contribution in [2.75, 3.05) is 32.8 Å². The van der Waals surface area contributed by atoms with Gasteiger partial charge in [0.1, 0.15) is 5.82 Å². The number of nitrogens with zero attached hydrogens (tertiary/aromatic N) is 3. The molecular formula is C34H38ClFN4O3S. The van der Waals surface area contributed by atoms with Crippen molar-refractivity contribution in [2.45, 2.75) is 44.1 Å². The van der Waals surface area contributed by atoms with E-state index < -0.39 is 0 Å². The van der Waals surface area contributed by atoms with Gasteiger partial charge < -0.3 is 19.9 Å². The molecule has 0 radical (unpaired) electrons. The molecule has 0 saturated carbocycles. The molecule has 1 aromatic heterocycles. The summed E-state index contributed by atoms with van der Waals surface area (Å²) in [6, 6.07) is 21.9. The normalized spacial score (nSPS) is 11.2. The van der Waals surface area contributed by atoms with Crippen LogP contribution in [-0.2, 0) is 29.9 Å². The number of amides is 1. The highest BCUT2D eigenvalue weighted by Gasteiger charge is 2.21. The first-order chi connectivity index (χ1) is 21.3. The van der Waals surface area contributed by atoms with Crippen LogP contribution in [-0.4, -0.2) is 63.6 Å². The van der Waals surface area contributed by atoms with Crippen LogP contribution in [0.15, 0.2) is 82.7 Å². The number of thioether (sulfide) groups is 1. The van der Waals surface area contributed by atoms with Crippen LogP contribution in [0.25, 0.3) is 11.1 Å². The minimum absolute atomic E-state index is 0.0650. The number of aromatic amines is 1. The predicted octanol–water partition coefficient (Wildman–Crippen LogP) is 5.97. The quantitative estimate of drug-likeness (QED) is 0.123. The number of halogens is 2. The Bertz CT molecular complexity index is 1560. The predicted molar refractivity (Wildman–Crippen MR) is 175 cm³/mol. The lowest BCUT2D eigenvalue weighted by molar-refractivity contribution is -0.131. The summed E-state index contributed by atoms with van der Waals surface area (Å²) in [6.45, 7) is 7.34. The lowest BCUT2D eigenvalue weighted by Crippen LogP contribution is -2.39. The van der Waals surface area contributed by atoms with Gasteiger partial charge in [-0.2, -0.15) is 0 Å². The third-order valence-electron chi connectivity index (χ3n) is 7.49. The second-order valence-electron chi connectivity index (χ2n) is 10.4. The maximum atomic E-state index is 13.9. The first-order valence-electron chi connectivity index (χ1n) is 14.7. The number of hydrogen-bond donors (Lipinski definition) is 2. The number of aliphatic hydroxyl groups is 1. The second-order valence-corrected chi connectivity index (χ2v) is 11.8. The summed E-state index contributed by atoms with van der Waals surface area (Å²) in [5, 5.41) is 10.7. The second kappa shape index (κ2) is 16.5. The number of nitrogens with one attached hydrogen (secondary N) is 1. The van der Waals surface area contributed by atoms with Crippen LogP contribution in [0.3, 0.4) is 0 Å². The average molecular weight is 637 g/mol. The Morgan fingerprint density at radius 2 is 1.55 bits per heavy atom. The number of rotatable bonds is 15. The molecule has 4 aromatic rings. The fourth-order valence-electron chi connectivity index (χ4n) is 4.85. The van der Waals surface area contributed by atoms with Crippen molar-refractivity contribution in [3.63, 3.8) is 0 Å². The van der Waals surface area contributed by atoms with Crippen molar-refractivity contribution in [2.24, 2.45) is 0 Å². The van der Waals surface area contributed by atoms with E-state index in [1.165, 1.54) is 23.9 Å². The molecule has 1 heterocycles. The van der Waals surface area contributed by atoms with Gasteiger partial charge in [-0.15, -0.1) is 0 Å². The molecule has 10 heteroatoms. The summed E-state index contributed by atoms with van der Waals surface area (Å²) in [5.41, 5.74) is 4.27. The van der Waals surface area contributed by atoms with Crippen LogP contribution in [0.2, 0.25) is 5.02 Å². The Labute approximate surface area is 267 Å². The van der Waals surface area contributed by atoms with Crippen LogP contribution in [0, 0.1) is 5.82 Å². The van der Waals surface area contributed by atoms with Crippen LogP contribution in [0.4, 0.5) is 4.39 Å². The molecule has 3 aromatic carbocycles. The van der Waals surface area contributed by atoms with Crippen LogP contribution in [0.1, 0.15) is 36.2 Å². The molecule has 0 spiro atoms. The number of likely N-dealkylation sites (N-methyl/N-ethyl adjacent to an activating group) is 1. The van der Waals surface area contributed by atoms with Gasteiger partial charge in [-0.1, -0.05) is 85.7 Å². The Kier molecular flexibility index (Phi) is 12.6. The van der Waals surface area contributed by atoms with Crippen molar-refractivity contribution >= 4 is 29.3 Å². The number of aromatic nitrogens is 2. The monoisotopic (exact) mass is 636 g/mol. The summed E-state index contributed by atoms with van der Waals surface area (Å²) >= 11 is 7.35. The molecule has 1 amide bonds. The molecule has 0 aliphatic heterocycles. The van der Waals surface area contributed by atoms with Gasteiger partial charge in [0.15, 0.2) is 5.16 Å². The molecule has 0 unspecified atom stereocenters. The third kappa shape index (κ3) is 9.50. The van der Waals surface area contributed by atoms with E-state index in [0.717, 1.165) is 35.3 Å². The van der Waals surface area contributed by atoms with E-state index in [9.17, 15) is 19.1 Å². The van der Waals surface area contributed by atoms with E-state index in [1.807, 2.05) is 53.4 Å². The summed E-state index contributed by atoms with van der Waals surface area (Å²) in [4.78, 5) is 38.4. The smallest absolute Gasteiger partial charge is 0.255 e. The van der Waals surface area contributed by atoms with E-state index in [1.54, 1.807) is 12.1 Å². The highest BCUT2D eigenvalue weighted by atomic mass is 35.5. The van der Waals surface area contributed by atoms with Gasteiger partial charge in [0.2, 0.25) is 5.91 Å². The van der Waals surface area contributed by atoms with E-state index in [2.05, 4.69) is 28.7 Å². The average Bonchev–Trinajstić information content (AvgIpc) is 3.03. The van der Waals surface area contributed by atoms with E-state index in [-0.39, 0.29) is 36.7 Å². The van der Waals surface area contributed by atoms with Crippen molar-refractivity contribution in [1.82, 2.24) is 19.8 Å². The Balaban J connectivity index is 1.55. The topological polar surface area (TPSA) is 89.5 Å². The molecule has 4 rings (SSSR count). The van der Waals surface area contributed by atoms with Gasteiger partial charge in [-0.25, -0.2) is 9.37 Å². The number of aliphatic hydroxyl groups excluding tert-OH is 1. The zero-order chi connectivity index (χ0) is 31.5. The zero-order valence-electron chi connectivity index (χ0n) is 25.1. The molecular weight excluding hydrogens is 599 g/mol. The molecule has 0 fully saturated rings. The van der Waals surface area contributed by atoms with Gasteiger partial charge in [0.25, 0.3) is 5.56 Å². The number of hydrogen-bond acceptors (Lipinski definition) is 6. The number of H-pyrrole nitrogens is 1. The van der Waals surface area contributed by atoms with Gasteiger partial charge in [-0.05, 0) is 59.6 Å². The first-order valence-corrected chi connectivity index (χ1v) is 16.1. The van der Waals surface area contributed by atoms with Crippen LogP contribution < -0.4 is 5.56 Å². The zero-order valence-corrected chi connectivity index (χ0v) is 26.6. The Morgan fingerprint density at radius 1 is 0.932 bits per heavy atom.